The van der Waals surface area contributed by atoms with E-state index in [0.717, 1.165) is 11.3 Å². The van der Waals surface area contributed by atoms with Crippen LogP contribution in [0.15, 0.2) is 29.6 Å². The van der Waals surface area contributed by atoms with Gasteiger partial charge in [0.05, 0.1) is 11.5 Å². The van der Waals surface area contributed by atoms with E-state index >= 15 is 0 Å². The van der Waals surface area contributed by atoms with Gasteiger partial charge in [0.1, 0.15) is 23.1 Å². The van der Waals surface area contributed by atoms with Crippen LogP contribution in [0.5, 0.6) is 5.75 Å². The highest BCUT2D eigenvalue weighted by Crippen LogP contribution is 2.20. The second-order valence-electron chi connectivity index (χ2n) is 6.20. The van der Waals surface area contributed by atoms with E-state index in [0.29, 0.717) is 23.7 Å². The molecule has 1 atom stereocenters. The first-order valence-corrected chi connectivity index (χ1v) is 10.7. The maximum Gasteiger partial charge on any atom is 0.273 e. The summed E-state index contributed by atoms with van der Waals surface area (Å²) < 4.78 is 28.8. The molecule has 1 aliphatic heterocycles. The van der Waals surface area contributed by atoms with Gasteiger partial charge in [-0.05, 0) is 25.5 Å². The van der Waals surface area contributed by atoms with Gasteiger partial charge in [0, 0.05) is 18.5 Å². The minimum Gasteiger partial charge on any atom is -0.486 e. The van der Waals surface area contributed by atoms with Crippen molar-refractivity contribution in [2.24, 2.45) is 0 Å². The lowest BCUT2D eigenvalue weighted by Crippen LogP contribution is -2.38. The Hall–Kier alpha value is -1.93. The van der Waals surface area contributed by atoms with E-state index in [2.05, 4.69) is 4.98 Å². The van der Waals surface area contributed by atoms with Gasteiger partial charge >= 0.3 is 0 Å². The van der Waals surface area contributed by atoms with Crippen LogP contribution in [0.2, 0.25) is 0 Å². The third-order valence-corrected chi connectivity index (χ3v) is 6.80. The molecule has 0 N–H and O–H groups in total. The summed E-state index contributed by atoms with van der Waals surface area (Å²) in [6.45, 7) is 2.30. The van der Waals surface area contributed by atoms with Crippen molar-refractivity contribution in [2.75, 3.05) is 18.6 Å². The molecule has 8 heteroatoms. The zero-order valence-corrected chi connectivity index (χ0v) is 15.8. The highest BCUT2D eigenvalue weighted by atomic mass is 32.2. The molecular weight excluding hydrogens is 360 g/mol. The number of amides is 1. The molecule has 3 rings (SSSR count). The second kappa shape index (κ2) is 7.13. The van der Waals surface area contributed by atoms with Crippen molar-refractivity contribution in [3.05, 3.63) is 45.9 Å². The van der Waals surface area contributed by atoms with Gasteiger partial charge in [0.15, 0.2) is 9.84 Å². The Labute approximate surface area is 151 Å². The van der Waals surface area contributed by atoms with Gasteiger partial charge in [-0.1, -0.05) is 17.7 Å². The number of nitrogens with zero attached hydrogens (tertiary/aromatic N) is 2. The van der Waals surface area contributed by atoms with Gasteiger partial charge in [0.25, 0.3) is 5.91 Å². The fourth-order valence-corrected chi connectivity index (χ4v) is 5.14. The number of ether oxygens (including phenoxy) is 1. The maximum absolute atomic E-state index is 12.5. The van der Waals surface area contributed by atoms with E-state index in [1.807, 2.05) is 31.2 Å². The monoisotopic (exact) mass is 380 g/mol. The number of carbonyl (C=O) groups excluding carboxylic acids is 1. The van der Waals surface area contributed by atoms with Crippen molar-refractivity contribution in [2.45, 2.75) is 26.0 Å². The Morgan fingerprint density at radius 1 is 1.36 bits per heavy atom. The molecule has 0 radical (unpaired) electrons. The van der Waals surface area contributed by atoms with Gasteiger partial charge in [-0.2, -0.15) is 0 Å². The summed E-state index contributed by atoms with van der Waals surface area (Å²) in [5, 5.41) is 2.40. The number of thiazole rings is 1. The molecule has 0 spiro atoms. The molecule has 134 valence electrons. The number of aromatic nitrogens is 1. The molecule has 0 unspecified atom stereocenters. The van der Waals surface area contributed by atoms with Crippen molar-refractivity contribution in [1.29, 1.82) is 0 Å². The van der Waals surface area contributed by atoms with Crippen LogP contribution in [0.4, 0.5) is 0 Å². The zero-order chi connectivity index (χ0) is 18.0. The highest BCUT2D eigenvalue weighted by molar-refractivity contribution is 7.91. The number of aryl methyl sites for hydroxylation is 1. The quantitative estimate of drug-likeness (QED) is 0.795. The lowest BCUT2D eigenvalue weighted by Gasteiger charge is -2.22. The van der Waals surface area contributed by atoms with E-state index in [1.54, 1.807) is 12.4 Å². The normalized spacial score (nSPS) is 18.9. The maximum atomic E-state index is 12.5. The Morgan fingerprint density at radius 3 is 2.72 bits per heavy atom. The topological polar surface area (TPSA) is 76.6 Å². The zero-order valence-electron chi connectivity index (χ0n) is 14.1. The average molecular weight is 380 g/mol. The van der Waals surface area contributed by atoms with E-state index in [4.69, 9.17) is 4.74 Å². The fourth-order valence-electron chi connectivity index (χ4n) is 2.68. The molecule has 1 saturated heterocycles. The van der Waals surface area contributed by atoms with Crippen molar-refractivity contribution in [1.82, 2.24) is 9.88 Å². The summed E-state index contributed by atoms with van der Waals surface area (Å²) in [6.07, 6.45) is 0.484. The number of hydrogen-bond donors (Lipinski definition) is 0. The molecule has 2 aromatic rings. The van der Waals surface area contributed by atoms with Crippen LogP contribution in [0, 0.1) is 6.92 Å². The molecule has 1 fully saturated rings. The molecule has 1 amide bonds. The minimum atomic E-state index is -3.03. The van der Waals surface area contributed by atoms with E-state index in [9.17, 15) is 13.2 Å². The Bertz CT molecular complexity index is 859. The molecule has 1 aliphatic rings. The fraction of sp³-hybridized carbons (Fsp3) is 0.412. The van der Waals surface area contributed by atoms with Gasteiger partial charge in [-0.25, -0.2) is 13.4 Å². The molecule has 6 nitrogen and oxygen atoms in total. The van der Waals surface area contributed by atoms with Crippen molar-refractivity contribution in [3.63, 3.8) is 0 Å². The van der Waals surface area contributed by atoms with Gasteiger partial charge < -0.3 is 9.64 Å². The predicted octanol–water partition coefficient (Wildman–Crippen LogP) is 2.29. The molecule has 1 aromatic carbocycles. The lowest BCUT2D eigenvalue weighted by atomic mass is 10.2. The van der Waals surface area contributed by atoms with E-state index in [-0.39, 0.29) is 23.5 Å². The summed E-state index contributed by atoms with van der Waals surface area (Å²) in [5.74, 6) is 0.673. The third-order valence-electron chi connectivity index (χ3n) is 4.23. The molecule has 25 heavy (non-hydrogen) atoms. The van der Waals surface area contributed by atoms with Crippen LogP contribution < -0.4 is 4.74 Å². The van der Waals surface area contributed by atoms with Gasteiger partial charge in [-0.15, -0.1) is 11.3 Å². The number of rotatable bonds is 5. The van der Waals surface area contributed by atoms with Crippen LogP contribution in [0.1, 0.15) is 27.5 Å². The number of sulfone groups is 1. The summed E-state index contributed by atoms with van der Waals surface area (Å²) >= 11 is 1.36. The van der Waals surface area contributed by atoms with E-state index in [1.165, 1.54) is 16.2 Å². The van der Waals surface area contributed by atoms with Crippen molar-refractivity contribution < 1.29 is 17.9 Å². The predicted molar refractivity (Wildman–Crippen MR) is 96.8 cm³/mol. The Morgan fingerprint density at radius 2 is 2.08 bits per heavy atom. The van der Waals surface area contributed by atoms with Crippen LogP contribution in [0.25, 0.3) is 0 Å². The standard InChI is InChI=1S/C17H20N2O4S2/c1-12-3-5-14(6-4-12)23-9-16-18-15(10-24-16)17(20)19(2)13-7-8-25(21,22)11-13/h3-6,10,13H,7-9,11H2,1-2H3/t13-/m0/s1. The summed E-state index contributed by atoms with van der Waals surface area (Å²) in [4.78, 5) is 18.3. The van der Waals surface area contributed by atoms with Crippen LogP contribution >= 0.6 is 11.3 Å². The second-order valence-corrected chi connectivity index (χ2v) is 9.37. The Kier molecular flexibility index (Phi) is 5.10. The van der Waals surface area contributed by atoms with Crippen molar-refractivity contribution >= 4 is 27.1 Å². The highest BCUT2D eigenvalue weighted by Gasteiger charge is 2.33. The molecule has 0 saturated carbocycles. The van der Waals surface area contributed by atoms with Gasteiger partial charge in [-0.3, -0.25) is 4.79 Å². The number of benzene rings is 1. The molecular formula is C17H20N2O4S2. The van der Waals surface area contributed by atoms with Crippen molar-refractivity contribution in [3.8, 4) is 5.75 Å². The molecule has 2 heterocycles. The first-order chi connectivity index (χ1) is 11.8. The molecule has 0 aliphatic carbocycles. The molecule has 1 aromatic heterocycles. The first-order valence-electron chi connectivity index (χ1n) is 7.95. The lowest BCUT2D eigenvalue weighted by molar-refractivity contribution is 0.0742. The third kappa shape index (κ3) is 4.38. The van der Waals surface area contributed by atoms with Crippen LogP contribution in [-0.4, -0.2) is 48.8 Å². The smallest absolute Gasteiger partial charge is 0.273 e. The largest absolute Gasteiger partial charge is 0.486 e. The summed E-state index contributed by atoms with van der Waals surface area (Å²) in [7, 11) is -1.39. The first kappa shape index (κ1) is 17.9. The van der Waals surface area contributed by atoms with E-state index < -0.39 is 9.84 Å². The summed E-state index contributed by atoms with van der Waals surface area (Å²) in [6, 6.07) is 7.45. The van der Waals surface area contributed by atoms with Crippen LogP contribution in [-0.2, 0) is 16.4 Å². The summed E-state index contributed by atoms with van der Waals surface area (Å²) in [5.41, 5.74) is 1.49. The Balaban J connectivity index is 1.60. The number of carbonyl (C=O) groups is 1. The molecule has 0 bridgehead atoms. The number of hydrogen-bond acceptors (Lipinski definition) is 6. The van der Waals surface area contributed by atoms with Gasteiger partial charge in [0.2, 0.25) is 0 Å². The van der Waals surface area contributed by atoms with Crippen LogP contribution in [0.3, 0.4) is 0 Å². The minimum absolute atomic E-state index is 0.0305. The average Bonchev–Trinajstić information content (AvgIpc) is 3.19. The SMILES string of the molecule is Cc1ccc(OCc2nc(C(=O)N(C)[C@H]3CCS(=O)(=O)C3)cs2)cc1.